The maximum atomic E-state index is 12.9. The molecule has 24 heavy (non-hydrogen) atoms. The Bertz CT molecular complexity index is 713. The quantitative estimate of drug-likeness (QED) is 0.809. The van der Waals surface area contributed by atoms with E-state index in [4.69, 9.17) is 0 Å². The Labute approximate surface area is 141 Å². The molecule has 4 heteroatoms. The van der Waals surface area contributed by atoms with Gasteiger partial charge in [0.15, 0.2) is 0 Å². The lowest BCUT2D eigenvalue weighted by molar-refractivity contribution is -0.122. The maximum Gasteiger partial charge on any atom is 0.232 e. The molecule has 0 unspecified atom stereocenters. The van der Waals surface area contributed by atoms with Crippen molar-refractivity contribution in [1.29, 1.82) is 0 Å². The Morgan fingerprint density at radius 2 is 1.71 bits per heavy atom. The maximum absolute atomic E-state index is 12.9. The van der Waals surface area contributed by atoms with Crippen LogP contribution in [0.25, 0.3) is 11.1 Å². The van der Waals surface area contributed by atoms with Crippen LogP contribution in [-0.4, -0.2) is 36.8 Å². The van der Waals surface area contributed by atoms with Crippen LogP contribution >= 0.6 is 0 Å². The first-order valence-corrected chi connectivity index (χ1v) is 8.60. The number of aliphatic hydroxyl groups is 1. The fourth-order valence-electron chi connectivity index (χ4n) is 3.91. The van der Waals surface area contributed by atoms with Gasteiger partial charge in [0.25, 0.3) is 0 Å². The molecule has 1 amide bonds. The number of aliphatic hydroxyl groups excluding tert-OH is 1. The topological polar surface area (TPSA) is 61.4 Å². The molecule has 2 aromatic rings. The van der Waals surface area contributed by atoms with Crippen LogP contribution in [0.3, 0.4) is 0 Å². The molecular formula is C20H22N2O2. The van der Waals surface area contributed by atoms with Gasteiger partial charge in [-0.2, -0.15) is 0 Å². The zero-order valence-corrected chi connectivity index (χ0v) is 13.5. The van der Waals surface area contributed by atoms with Gasteiger partial charge >= 0.3 is 0 Å². The zero-order valence-electron chi connectivity index (χ0n) is 13.5. The molecule has 0 bridgehead atoms. The Morgan fingerprint density at radius 1 is 1.08 bits per heavy atom. The lowest BCUT2D eigenvalue weighted by atomic mass is 9.93. The number of β-amino-alcohol motifs (C(OH)–C–C–N with tert-alkyl or cyclic N) is 1. The van der Waals surface area contributed by atoms with Gasteiger partial charge in [0.2, 0.25) is 5.91 Å². The highest BCUT2D eigenvalue weighted by Gasteiger charge is 2.34. The number of nitrogens with one attached hydrogen (secondary N) is 2. The first-order chi connectivity index (χ1) is 11.8. The third-order valence-corrected chi connectivity index (χ3v) is 5.22. The minimum absolute atomic E-state index is 0.0260. The monoisotopic (exact) mass is 322 g/mol. The summed E-state index contributed by atoms with van der Waals surface area (Å²) in [5.74, 6) is -0.100. The number of benzene rings is 2. The summed E-state index contributed by atoms with van der Waals surface area (Å²) in [5.41, 5.74) is 4.44. The van der Waals surface area contributed by atoms with Crippen LogP contribution in [0.1, 0.15) is 23.5 Å². The van der Waals surface area contributed by atoms with Crippen molar-refractivity contribution in [2.45, 2.75) is 18.4 Å². The Balaban J connectivity index is 1.56. The first-order valence-electron chi connectivity index (χ1n) is 8.60. The summed E-state index contributed by atoms with van der Waals surface area (Å²) in [6.07, 6.45) is 0.501. The number of amides is 1. The molecule has 3 N–H and O–H groups in total. The van der Waals surface area contributed by atoms with Gasteiger partial charge in [0.05, 0.1) is 12.0 Å². The van der Waals surface area contributed by atoms with Crippen LogP contribution < -0.4 is 10.6 Å². The minimum atomic E-state index is -0.387. The van der Waals surface area contributed by atoms with Crippen LogP contribution in [0.2, 0.25) is 0 Å². The number of carbonyl (C=O) groups is 1. The normalized spacial score (nSPS) is 22.7. The largest absolute Gasteiger partial charge is 0.391 e. The average Bonchev–Trinajstić information content (AvgIpc) is 2.95. The highest BCUT2D eigenvalue weighted by molar-refractivity contribution is 5.96. The summed E-state index contributed by atoms with van der Waals surface area (Å²) in [4.78, 5) is 12.9. The van der Waals surface area contributed by atoms with Crippen molar-refractivity contribution in [2.24, 2.45) is 5.92 Å². The van der Waals surface area contributed by atoms with E-state index in [1.54, 1.807) is 0 Å². The molecule has 0 saturated carbocycles. The number of hydrogen-bond donors (Lipinski definition) is 3. The molecule has 2 atom stereocenters. The predicted molar refractivity (Wildman–Crippen MR) is 93.7 cm³/mol. The molecule has 0 spiro atoms. The van der Waals surface area contributed by atoms with E-state index in [0.29, 0.717) is 13.1 Å². The minimum Gasteiger partial charge on any atom is -0.391 e. The second-order valence-electron chi connectivity index (χ2n) is 6.67. The van der Waals surface area contributed by atoms with Gasteiger partial charge in [-0.15, -0.1) is 0 Å². The Morgan fingerprint density at radius 3 is 2.33 bits per heavy atom. The first kappa shape index (κ1) is 15.4. The number of carbonyl (C=O) groups excluding carboxylic acids is 1. The number of rotatable bonds is 3. The molecule has 1 fully saturated rings. The van der Waals surface area contributed by atoms with E-state index in [9.17, 15) is 9.90 Å². The van der Waals surface area contributed by atoms with E-state index in [1.807, 2.05) is 36.4 Å². The fraction of sp³-hybridized carbons (Fsp3) is 0.350. The van der Waals surface area contributed by atoms with E-state index in [-0.39, 0.29) is 23.8 Å². The molecule has 1 aliphatic heterocycles. The molecule has 0 aromatic heterocycles. The molecule has 0 radical (unpaired) electrons. The van der Waals surface area contributed by atoms with Gasteiger partial charge in [-0.3, -0.25) is 4.79 Å². The van der Waals surface area contributed by atoms with Crippen molar-refractivity contribution in [3.8, 4) is 11.1 Å². The van der Waals surface area contributed by atoms with Crippen LogP contribution in [0, 0.1) is 5.92 Å². The van der Waals surface area contributed by atoms with E-state index in [2.05, 4.69) is 22.8 Å². The van der Waals surface area contributed by atoms with Crippen LogP contribution in [0.5, 0.6) is 0 Å². The molecule has 1 heterocycles. The van der Waals surface area contributed by atoms with E-state index in [1.165, 1.54) is 0 Å². The number of piperidine rings is 1. The van der Waals surface area contributed by atoms with Gasteiger partial charge in [0.1, 0.15) is 0 Å². The predicted octanol–water partition coefficient (Wildman–Crippen LogP) is 1.89. The van der Waals surface area contributed by atoms with Gasteiger partial charge in [-0.25, -0.2) is 0 Å². The summed E-state index contributed by atoms with van der Waals surface area (Å²) in [5, 5.41) is 16.3. The lowest BCUT2D eigenvalue weighted by Crippen LogP contribution is -2.46. The standard InChI is InChI=1S/C20H22N2O2/c23-18-12-21-10-9-13(18)11-22-20(24)19-16-7-3-1-5-14(16)15-6-2-4-8-17(15)19/h1-8,13,18-19,21,23H,9-12H2,(H,22,24)/t13-,18+/m0/s1. The summed E-state index contributed by atoms with van der Waals surface area (Å²) < 4.78 is 0. The zero-order chi connectivity index (χ0) is 16.5. The van der Waals surface area contributed by atoms with Gasteiger partial charge in [-0.1, -0.05) is 48.5 Å². The Kier molecular flexibility index (Phi) is 4.08. The SMILES string of the molecule is O=C(NC[C@@H]1CCNC[C@H]1O)C1c2ccccc2-c2ccccc21. The van der Waals surface area contributed by atoms with Crippen molar-refractivity contribution in [1.82, 2.24) is 10.6 Å². The Hall–Kier alpha value is -2.17. The number of hydrogen-bond acceptors (Lipinski definition) is 3. The average molecular weight is 322 g/mol. The van der Waals surface area contributed by atoms with Crippen molar-refractivity contribution in [2.75, 3.05) is 19.6 Å². The molecule has 4 nitrogen and oxygen atoms in total. The number of fused-ring (bicyclic) bond motifs is 3. The summed E-state index contributed by atoms with van der Waals surface area (Å²) in [6, 6.07) is 16.2. The van der Waals surface area contributed by atoms with Crippen LogP contribution in [0.15, 0.2) is 48.5 Å². The molecule has 1 saturated heterocycles. The van der Waals surface area contributed by atoms with E-state index >= 15 is 0 Å². The smallest absolute Gasteiger partial charge is 0.232 e. The fourth-order valence-corrected chi connectivity index (χ4v) is 3.91. The van der Waals surface area contributed by atoms with Crippen molar-refractivity contribution < 1.29 is 9.90 Å². The van der Waals surface area contributed by atoms with E-state index in [0.717, 1.165) is 35.2 Å². The van der Waals surface area contributed by atoms with Gasteiger partial charge < -0.3 is 15.7 Å². The van der Waals surface area contributed by atoms with Crippen molar-refractivity contribution in [3.05, 3.63) is 59.7 Å². The van der Waals surface area contributed by atoms with Gasteiger partial charge in [0, 0.05) is 19.0 Å². The second-order valence-corrected chi connectivity index (χ2v) is 6.67. The highest BCUT2D eigenvalue weighted by Crippen LogP contribution is 2.44. The second kappa shape index (κ2) is 6.38. The summed E-state index contributed by atoms with van der Waals surface area (Å²) >= 11 is 0. The van der Waals surface area contributed by atoms with Crippen molar-refractivity contribution in [3.63, 3.8) is 0 Å². The molecule has 124 valence electrons. The van der Waals surface area contributed by atoms with E-state index < -0.39 is 0 Å². The molecule has 4 rings (SSSR count). The summed E-state index contributed by atoms with van der Waals surface area (Å²) in [7, 11) is 0. The third kappa shape index (κ3) is 2.62. The molecule has 2 aromatic carbocycles. The molecular weight excluding hydrogens is 300 g/mol. The third-order valence-electron chi connectivity index (χ3n) is 5.22. The summed E-state index contributed by atoms with van der Waals surface area (Å²) in [6.45, 7) is 2.03. The highest BCUT2D eigenvalue weighted by atomic mass is 16.3. The van der Waals surface area contributed by atoms with Crippen LogP contribution in [0.4, 0.5) is 0 Å². The van der Waals surface area contributed by atoms with Crippen molar-refractivity contribution >= 4 is 5.91 Å². The molecule has 2 aliphatic rings. The van der Waals surface area contributed by atoms with Gasteiger partial charge in [-0.05, 0) is 35.2 Å². The molecule has 1 aliphatic carbocycles. The van der Waals surface area contributed by atoms with Crippen LogP contribution in [-0.2, 0) is 4.79 Å². The lowest BCUT2D eigenvalue weighted by Gasteiger charge is -2.29.